The van der Waals surface area contributed by atoms with E-state index in [-0.39, 0.29) is 0 Å². The van der Waals surface area contributed by atoms with Gasteiger partial charge in [-0.2, -0.15) is 5.10 Å². The van der Waals surface area contributed by atoms with Gasteiger partial charge in [-0.15, -0.1) is 6.58 Å². The van der Waals surface area contributed by atoms with Crippen LogP contribution in [-0.2, 0) is 7.05 Å². The van der Waals surface area contributed by atoms with E-state index in [1.54, 1.807) is 12.2 Å². The van der Waals surface area contributed by atoms with Gasteiger partial charge in [0.1, 0.15) is 0 Å². The van der Waals surface area contributed by atoms with E-state index in [1.807, 2.05) is 31.7 Å². The Morgan fingerprint density at radius 1 is 1.44 bits per heavy atom. The van der Waals surface area contributed by atoms with Crippen LogP contribution in [0.2, 0.25) is 0 Å². The highest BCUT2D eigenvalue weighted by Gasteiger charge is 2.04. The maximum absolute atomic E-state index is 4.33. The van der Waals surface area contributed by atoms with E-state index in [0.717, 1.165) is 23.4 Å². The zero-order chi connectivity index (χ0) is 14.0. The third kappa shape index (κ3) is 5.48. The summed E-state index contributed by atoms with van der Waals surface area (Å²) in [7, 11) is 1.96. The van der Waals surface area contributed by atoms with Crippen molar-refractivity contribution in [2.45, 2.75) is 27.2 Å². The van der Waals surface area contributed by atoms with Crippen LogP contribution < -0.4 is 0 Å². The summed E-state index contributed by atoms with van der Waals surface area (Å²) in [4.78, 5) is 0. The zero-order valence-corrected chi connectivity index (χ0v) is 12.0. The summed E-state index contributed by atoms with van der Waals surface area (Å²) in [6.45, 7) is 13.1. The molecule has 1 heterocycles. The third-order valence-corrected chi connectivity index (χ3v) is 2.13. The fourth-order valence-corrected chi connectivity index (χ4v) is 1.48. The number of aryl methyl sites for hydroxylation is 2. The van der Waals surface area contributed by atoms with Crippen LogP contribution in [0.5, 0.6) is 0 Å². The van der Waals surface area contributed by atoms with Crippen LogP contribution in [0.15, 0.2) is 49.6 Å². The minimum atomic E-state index is 1.03. The highest BCUT2D eigenvalue weighted by Crippen LogP contribution is 2.16. The first-order valence-corrected chi connectivity index (χ1v) is 6.17. The SMILES string of the molecule is C=C/C=C(\C=C/CC)c1cc(C)nn1C.C=CC. The molecule has 0 aliphatic rings. The van der Waals surface area contributed by atoms with Gasteiger partial charge in [0.25, 0.3) is 0 Å². The van der Waals surface area contributed by atoms with Crippen molar-refractivity contribution in [2.75, 3.05) is 0 Å². The molecular formula is C16H24N2. The Balaban J connectivity index is 0.000000873. The van der Waals surface area contributed by atoms with Gasteiger partial charge in [0.05, 0.1) is 11.4 Å². The van der Waals surface area contributed by atoms with Gasteiger partial charge in [0, 0.05) is 7.05 Å². The van der Waals surface area contributed by atoms with E-state index >= 15 is 0 Å². The lowest BCUT2D eigenvalue weighted by molar-refractivity contribution is 0.747. The summed E-state index contributed by atoms with van der Waals surface area (Å²) in [6, 6.07) is 2.08. The number of hydrogen-bond donors (Lipinski definition) is 0. The van der Waals surface area contributed by atoms with Crippen LogP contribution in [0.25, 0.3) is 5.57 Å². The molecule has 1 aromatic rings. The predicted octanol–water partition coefficient (Wildman–Crippen LogP) is 4.46. The number of allylic oxidation sites excluding steroid dienone is 6. The molecule has 1 rings (SSSR count). The molecule has 0 spiro atoms. The third-order valence-electron chi connectivity index (χ3n) is 2.13. The molecular weight excluding hydrogens is 220 g/mol. The van der Waals surface area contributed by atoms with E-state index in [4.69, 9.17) is 0 Å². The molecule has 0 N–H and O–H groups in total. The highest BCUT2D eigenvalue weighted by molar-refractivity contribution is 5.73. The lowest BCUT2D eigenvalue weighted by atomic mass is 10.1. The summed E-state index contributed by atoms with van der Waals surface area (Å²) in [6.07, 6.45) is 10.8. The standard InChI is InChI=1S/C13H18N2.C3H6/c1-5-7-9-12(8-6-2)13-10-11(3)14-15(13)4;1-3-2/h6-10H,2,5H2,1,3-4H3;3H,1H2,2H3/b9-7-,12-8+;. The molecule has 0 bridgehead atoms. The number of aromatic nitrogens is 2. The molecule has 18 heavy (non-hydrogen) atoms. The van der Waals surface area contributed by atoms with E-state index in [2.05, 4.69) is 43.4 Å². The Morgan fingerprint density at radius 3 is 2.44 bits per heavy atom. The van der Waals surface area contributed by atoms with Crippen LogP contribution >= 0.6 is 0 Å². The average Bonchev–Trinajstić information content (AvgIpc) is 2.65. The first-order valence-electron chi connectivity index (χ1n) is 6.17. The smallest absolute Gasteiger partial charge is 0.0681 e. The van der Waals surface area contributed by atoms with E-state index in [9.17, 15) is 0 Å². The molecule has 0 radical (unpaired) electrons. The molecule has 0 amide bonds. The Bertz CT molecular complexity index is 434. The van der Waals surface area contributed by atoms with Crippen LogP contribution in [0.3, 0.4) is 0 Å². The Morgan fingerprint density at radius 2 is 2.06 bits per heavy atom. The van der Waals surface area contributed by atoms with Gasteiger partial charge < -0.3 is 0 Å². The first kappa shape index (κ1) is 16.2. The Hall–Kier alpha value is -1.83. The van der Waals surface area contributed by atoms with E-state index in [1.165, 1.54) is 0 Å². The van der Waals surface area contributed by atoms with Crippen molar-refractivity contribution in [3.05, 3.63) is 61.0 Å². The summed E-state index contributed by atoms with van der Waals surface area (Å²) < 4.78 is 1.89. The molecule has 2 heteroatoms. The van der Waals surface area contributed by atoms with Gasteiger partial charge in [0.2, 0.25) is 0 Å². The van der Waals surface area contributed by atoms with Gasteiger partial charge in [-0.05, 0) is 31.9 Å². The molecule has 0 saturated carbocycles. The molecule has 1 aromatic heterocycles. The summed E-state index contributed by atoms with van der Waals surface area (Å²) in [5, 5.41) is 4.33. The van der Waals surface area contributed by atoms with Crippen molar-refractivity contribution < 1.29 is 0 Å². The van der Waals surface area contributed by atoms with Gasteiger partial charge in [0.15, 0.2) is 0 Å². The summed E-state index contributed by atoms with van der Waals surface area (Å²) in [5.74, 6) is 0. The normalized spacial score (nSPS) is 11.0. The van der Waals surface area contributed by atoms with Crippen molar-refractivity contribution in [1.29, 1.82) is 0 Å². The average molecular weight is 244 g/mol. The Labute approximate surface area is 111 Å². The maximum Gasteiger partial charge on any atom is 0.0681 e. The second-order valence-corrected chi connectivity index (χ2v) is 3.87. The largest absolute Gasteiger partial charge is 0.268 e. The molecule has 0 unspecified atom stereocenters. The molecule has 98 valence electrons. The van der Waals surface area contributed by atoms with Crippen LogP contribution in [-0.4, -0.2) is 9.78 Å². The lowest BCUT2D eigenvalue weighted by Crippen LogP contribution is -1.96. The van der Waals surface area contributed by atoms with Crippen LogP contribution in [0.4, 0.5) is 0 Å². The number of rotatable bonds is 4. The maximum atomic E-state index is 4.33. The fraction of sp³-hybridized carbons (Fsp3) is 0.312. The summed E-state index contributed by atoms with van der Waals surface area (Å²) >= 11 is 0. The van der Waals surface area contributed by atoms with E-state index in [0.29, 0.717) is 0 Å². The number of hydrogen-bond acceptors (Lipinski definition) is 1. The predicted molar refractivity (Wildman–Crippen MR) is 81.4 cm³/mol. The minimum Gasteiger partial charge on any atom is -0.268 e. The lowest BCUT2D eigenvalue weighted by Gasteiger charge is -2.01. The van der Waals surface area contributed by atoms with Crippen molar-refractivity contribution in [3.63, 3.8) is 0 Å². The van der Waals surface area contributed by atoms with Crippen molar-refractivity contribution in [1.82, 2.24) is 9.78 Å². The van der Waals surface area contributed by atoms with E-state index < -0.39 is 0 Å². The topological polar surface area (TPSA) is 17.8 Å². The van der Waals surface area contributed by atoms with Crippen molar-refractivity contribution in [3.8, 4) is 0 Å². The van der Waals surface area contributed by atoms with Crippen molar-refractivity contribution in [2.24, 2.45) is 7.05 Å². The number of nitrogens with zero attached hydrogens (tertiary/aromatic N) is 2. The molecule has 0 fully saturated rings. The molecule has 0 atom stereocenters. The second-order valence-electron chi connectivity index (χ2n) is 3.87. The van der Waals surface area contributed by atoms with Crippen LogP contribution in [0.1, 0.15) is 31.7 Å². The molecule has 0 aliphatic heterocycles. The van der Waals surface area contributed by atoms with Gasteiger partial charge in [-0.3, -0.25) is 4.68 Å². The van der Waals surface area contributed by atoms with Gasteiger partial charge in [-0.25, -0.2) is 0 Å². The second kappa shape index (κ2) is 9.23. The van der Waals surface area contributed by atoms with Crippen molar-refractivity contribution >= 4 is 5.57 Å². The molecule has 0 saturated heterocycles. The quantitative estimate of drug-likeness (QED) is 0.565. The Kier molecular flexibility index (Phi) is 8.29. The highest BCUT2D eigenvalue weighted by atomic mass is 15.3. The van der Waals surface area contributed by atoms with Gasteiger partial charge in [-0.1, -0.05) is 43.9 Å². The molecule has 0 aromatic carbocycles. The first-order chi connectivity index (χ1) is 8.60. The molecule has 2 nitrogen and oxygen atoms in total. The zero-order valence-electron chi connectivity index (χ0n) is 12.0. The van der Waals surface area contributed by atoms with Crippen LogP contribution in [0, 0.1) is 6.92 Å². The monoisotopic (exact) mass is 244 g/mol. The van der Waals surface area contributed by atoms with Gasteiger partial charge >= 0.3 is 0 Å². The molecule has 0 aliphatic carbocycles. The fourth-order valence-electron chi connectivity index (χ4n) is 1.48. The minimum absolute atomic E-state index is 1.03. The summed E-state index contributed by atoms with van der Waals surface area (Å²) in [5.41, 5.74) is 3.31.